The van der Waals surface area contributed by atoms with E-state index in [0.29, 0.717) is 45.8 Å². The summed E-state index contributed by atoms with van der Waals surface area (Å²) in [6.45, 7) is 1.82. The summed E-state index contributed by atoms with van der Waals surface area (Å²) in [4.78, 5) is 18.4. The summed E-state index contributed by atoms with van der Waals surface area (Å²) in [5.74, 6) is 1.94. The highest BCUT2D eigenvalue weighted by molar-refractivity contribution is 6.06. The molecule has 0 bridgehead atoms. The molecule has 1 unspecified atom stereocenters. The van der Waals surface area contributed by atoms with E-state index in [0.717, 1.165) is 5.56 Å². The quantitative estimate of drug-likeness (QED) is 0.368. The van der Waals surface area contributed by atoms with Gasteiger partial charge in [0.1, 0.15) is 23.3 Å². The summed E-state index contributed by atoms with van der Waals surface area (Å²) >= 11 is 0. The zero-order chi connectivity index (χ0) is 25.2. The molecular formula is C27H25N5O4. The van der Waals surface area contributed by atoms with Crippen molar-refractivity contribution in [3.8, 4) is 28.6 Å². The van der Waals surface area contributed by atoms with Crippen molar-refractivity contribution in [3.05, 3.63) is 89.6 Å². The molecule has 0 saturated carbocycles. The van der Waals surface area contributed by atoms with Gasteiger partial charge in [-0.25, -0.2) is 4.68 Å². The molecule has 36 heavy (non-hydrogen) atoms. The number of para-hydroxylation sites is 2. The van der Waals surface area contributed by atoms with Crippen LogP contribution in [0.1, 0.15) is 18.5 Å². The van der Waals surface area contributed by atoms with Crippen LogP contribution in [0.5, 0.6) is 17.2 Å². The van der Waals surface area contributed by atoms with E-state index in [4.69, 9.17) is 14.6 Å². The summed E-state index contributed by atoms with van der Waals surface area (Å²) < 4.78 is 12.4. The van der Waals surface area contributed by atoms with Gasteiger partial charge in [-0.05, 0) is 48.9 Å². The number of phenolic OH excluding ortho intramolecular Hbond substituents is 1. The summed E-state index contributed by atoms with van der Waals surface area (Å²) in [6, 6.07) is 20.8. The van der Waals surface area contributed by atoms with Crippen molar-refractivity contribution >= 4 is 17.5 Å². The number of allylic oxidation sites excluding steroid dienone is 1. The Morgan fingerprint density at radius 1 is 1.03 bits per heavy atom. The van der Waals surface area contributed by atoms with Crippen LogP contribution in [0.15, 0.2) is 84.1 Å². The number of phenols is 1. The number of carbonyl (C=O) groups is 1. The maximum atomic E-state index is 13.7. The molecule has 3 N–H and O–H groups in total. The Hall–Kier alpha value is -4.79. The Balaban J connectivity index is 1.60. The van der Waals surface area contributed by atoms with E-state index in [2.05, 4.69) is 15.6 Å². The van der Waals surface area contributed by atoms with Crippen LogP contribution < -0.4 is 20.1 Å². The number of nitrogens with zero attached hydrogens (tertiary/aromatic N) is 3. The average molecular weight is 484 g/mol. The van der Waals surface area contributed by atoms with Crippen LogP contribution in [-0.4, -0.2) is 40.0 Å². The first-order valence-corrected chi connectivity index (χ1v) is 11.3. The lowest BCUT2D eigenvalue weighted by atomic mass is 9.95. The number of hydrogen-bond acceptors (Lipinski definition) is 7. The zero-order valence-electron chi connectivity index (χ0n) is 20.0. The molecule has 5 rings (SSSR count). The monoisotopic (exact) mass is 483 g/mol. The van der Waals surface area contributed by atoms with Gasteiger partial charge in [0.2, 0.25) is 5.95 Å². The molecule has 2 heterocycles. The van der Waals surface area contributed by atoms with Gasteiger partial charge in [-0.3, -0.25) is 4.79 Å². The molecule has 0 spiro atoms. The fourth-order valence-corrected chi connectivity index (χ4v) is 4.27. The predicted molar refractivity (Wildman–Crippen MR) is 136 cm³/mol. The molecule has 1 amide bonds. The smallest absolute Gasteiger partial charge is 0.255 e. The molecule has 0 aliphatic carbocycles. The normalized spacial score (nSPS) is 14.6. The number of benzene rings is 3. The largest absolute Gasteiger partial charge is 0.508 e. The number of rotatable bonds is 6. The van der Waals surface area contributed by atoms with E-state index in [1.165, 1.54) is 0 Å². The van der Waals surface area contributed by atoms with Gasteiger partial charge in [0.05, 0.1) is 25.5 Å². The number of nitrogens with one attached hydrogen (secondary N) is 2. The van der Waals surface area contributed by atoms with Crippen molar-refractivity contribution in [2.75, 3.05) is 24.9 Å². The number of aromatic hydroxyl groups is 1. The Morgan fingerprint density at radius 2 is 1.83 bits per heavy atom. The molecule has 9 heteroatoms. The van der Waals surface area contributed by atoms with Crippen molar-refractivity contribution in [1.82, 2.24) is 14.8 Å². The van der Waals surface area contributed by atoms with Crippen molar-refractivity contribution < 1.29 is 19.4 Å². The third-order valence-electron chi connectivity index (χ3n) is 5.97. The van der Waals surface area contributed by atoms with Crippen LogP contribution in [-0.2, 0) is 4.79 Å². The van der Waals surface area contributed by atoms with Gasteiger partial charge in [-0.2, -0.15) is 4.98 Å². The Bertz CT molecular complexity index is 1480. The van der Waals surface area contributed by atoms with E-state index in [-0.39, 0.29) is 11.7 Å². The second kappa shape index (κ2) is 9.46. The highest BCUT2D eigenvalue weighted by atomic mass is 16.5. The van der Waals surface area contributed by atoms with Gasteiger partial charge in [0, 0.05) is 11.3 Å². The Labute approximate surface area is 208 Å². The second-order valence-electron chi connectivity index (χ2n) is 8.25. The Kier molecular flexibility index (Phi) is 6.03. The van der Waals surface area contributed by atoms with E-state index in [1.807, 2.05) is 49.4 Å². The molecule has 1 aromatic heterocycles. The Morgan fingerprint density at radius 3 is 2.61 bits per heavy atom. The van der Waals surface area contributed by atoms with Gasteiger partial charge in [-0.15, -0.1) is 5.10 Å². The van der Waals surface area contributed by atoms with Crippen molar-refractivity contribution in [2.45, 2.75) is 13.0 Å². The molecule has 9 nitrogen and oxygen atoms in total. The third-order valence-corrected chi connectivity index (χ3v) is 5.97. The molecule has 0 saturated heterocycles. The predicted octanol–water partition coefficient (Wildman–Crippen LogP) is 4.60. The lowest BCUT2D eigenvalue weighted by Gasteiger charge is -2.29. The van der Waals surface area contributed by atoms with Crippen LogP contribution in [0.2, 0.25) is 0 Å². The van der Waals surface area contributed by atoms with Gasteiger partial charge in [-0.1, -0.05) is 36.4 Å². The number of methoxy groups -OCH3 is 2. The number of carbonyl (C=O) groups excluding carboxylic acids is 1. The van der Waals surface area contributed by atoms with Gasteiger partial charge in [0.15, 0.2) is 5.82 Å². The van der Waals surface area contributed by atoms with Crippen LogP contribution in [0.4, 0.5) is 11.6 Å². The summed E-state index contributed by atoms with van der Waals surface area (Å²) in [5, 5.41) is 21.2. The lowest BCUT2D eigenvalue weighted by Crippen LogP contribution is -2.31. The van der Waals surface area contributed by atoms with Crippen molar-refractivity contribution in [1.29, 1.82) is 0 Å². The van der Waals surface area contributed by atoms with Crippen LogP contribution >= 0.6 is 0 Å². The fourth-order valence-electron chi connectivity index (χ4n) is 4.27. The highest BCUT2D eigenvalue weighted by Gasteiger charge is 2.35. The topological polar surface area (TPSA) is 111 Å². The molecule has 1 aliphatic rings. The van der Waals surface area contributed by atoms with E-state index in [1.54, 1.807) is 49.2 Å². The molecule has 1 atom stereocenters. The lowest BCUT2D eigenvalue weighted by molar-refractivity contribution is -0.113. The molecule has 182 valence electrons. The number of hydrogen-bond donors (Lipinski definition) is 3. The van der Waals surface area contributed by atoms with Crippen molar-refractivity contribution in [3.63, 3.8) is 0 Å². The summed E-state index contributed by atoms with van der Waals surface area (Å²) in [7, 11) is 3.15. The standard InChI is InChI=1S/C27H25N5O4/c1-16-23(26(34)29-21-12-4-5-13-22(21)36-3)24(17-8-6-10-19(33)14-17)32-27(28-16)30-25(31-32)18-9-7-11-20(15-18)35-2/h4-15,24,33H,1-3H3,(H,29,34)(H,28,30,31). The first kappa shape index (κ1) is 23.0. The molecule has 0 radical (unpaired) electrons. The van der Waals surface area contributed by atoms with Crippen LogP contribution in [0.3, 0.4) is 0 Å². The second-order valence-corrected chi connectivity index (χ2v) is 8.25. The number of anilines is 2. The first-order chi connectivity index (χ1) is 17.5. The SMILES string of the molecule is COc1cccc(-c2nc3n(n2)C(c2cccc(O)c2)C(C(=O)Nc2ccccc2OC)=C(C)N3)c1. The zero-order valence-corrected chi connectivity index (χ0v) is 20.0. The minimum absolute atomic E-state index is 0.0860. The van der Waals surface area contributed by atoms with E-state index in [9.17, 15) is 9.90 Å². The number of amides is 1. The number of ether oxygens (including phenoxy) is 2. The minimum Gasteiger partial charge on any atom is -0.508 e. The molecule has 3 aromatic carbocycles. The van der Waals surface area contributed by atoms with Crippen LogP contribution in [0.25, 0.3) is 11.4 Å². The van der Waals surface area contributed by atoms with Gasteiger partial charge >= 0.3 is 0 Å². The molecular weight excluding hydrogens is 458 g/mol. The maximum absolute atomic E-state index is 13.7. The number of aromatic nitrogens is 3. The van der Waals surface area contributed by atoms with Crippen LogP contribution in [0, 0.1) is 0 Å². The minimum atomic E-state index is -0.644. The van der Waals surface area contributed by atoms with Crippen molar-refractivity contribution in [2.24, 2.45) is 0 Å². The van der Waals surface area contributed by atoms with Gasteiger partial charge < -0.3 is 25.2 Å². The summed E-state index contributed by atoms with van der Waals surface area (Å²) in [5.41, 5.74) is 3.05. The molecule has 0 fully saturated rings. The van der Waals surface area contributed by atoms with Gasteiger partial charge in [0.25, 0.3) is 5.91 Å². The third kappa shape index (κ3) is 4.22. The maximum Gasteiger partial charge on any atom is 0.255 e. The molecule has 1 aliphatic heterocycles. The highest BCUT2D eigenvalue weighted by Crippen LogP contribution is 2.38. The number of fused-ring (bicyclic) bond motifs is 1. The first-order valence-electron chi connectivity index (χ1n) is 11.3. The average Bonchev–Trinajstić information content (AvgIpc) is 3.31. The molecule has 4 aromatic rings. The fraction of sp³-hybridized carbons (Fsp3) is 0.148. The van der Waals surface area contributed by atoms with E-state index < -0.39 is 6.04 Å². The summed E-state index contributed by atoms with van der Waals surface area (Å²) in [6.07, 6.45) is 0. The van der Waals surface area contributed by atoms with E-state index >= 15 is 0 Å².